The number of rotatable bonds is 10. The van der Waals surface area contributed by atoms with Crippen LogP contribution in [0.25, 0.3) is 0 Å². The molecule has 2 rings (SSSR count). The fourth-order valence-electron chi connectivity index (χ4n) is 3.28. The van der Waals surface area contributed by atoms with Crippen LogP contribution in [0.3, 0.4) is 0 Å². The highest BCUT2D eigenvalue weighted by Gasteiger charge is 2.32. The molecular weight excluding hydrogens is 509 g/mol. The van der Waals surface area contributed by atoms with Crippen molar-refractivity contribution in [3.05, 3.63) is 63.1 Å². The van der Waals surface area contributed by atoms with E-state index in [4.69, 9.17) is 34.8 Å². The van der Waals surface area contributed by atoms with Crippen molar-refractivity contribution < 1.29 is 18.0 Å². The van der Waals surface area contributed by atoms with Crippen molar-refractivity contribution in [3.63, 3.8) is 0 Å². The molecule has 11 heteroatoms. The summed E-state index contributed by atoms with van der Waals surface area (Å²) in [7, 11) is -3.90. The first-order valence-corrected chi connectivity index (χ1v) is 13.2. The van der Waals surface area contributed by atoms with E-state index in [9.17, 15) is 18.0 Å². The first-order valence-electron chi connectivity index (χ1n) is 10.2. The molecule has 0 radical (unpaired) electrons. The number of anilines is 1. The highest BCUT2D eigenvalue weighted by molar-refractivity contribution is 7.92. The number of likely N-dealkylation sites (N-methyl/N-ethyl adjacent to an activating group) is 1. The molecule has 2 aromatic rings. The maximum atomic E-state index is 13.5. The molecule has 1 unspecified atom stereocenters. The van der Waals surface area contributed by atoms with Crippen LogP contribution < -0.4 is 9.62 Å². The zero-order chi connectivity index (χ0) is 24.8. The number of hydrogen-bond acceptors (Lipinski definition) is 4. The Morgan fingerprint density at radius 3 is 2.21 bits per heavy atom. The first kappa shape index (κ1) is 27.2. The van der Waals surface area contributed by atoms with Gasteiger partial charge in [-0.3, -0.25) is 13.9 Å². The summed E-state index contributed by atoms with van der Waals surface area (Å²) < 4.78 is 26.1. The van der Waals surface area contributed by atoms with Crippen molar-refractivity contribution in [2.24, 2.45) is 0 Å². The third kappa shape index (κ3) is 7.24. The lowest BCUT2D eigenvalue weighted by molar-refractivity contribution is -0.140. The van der Waals surface area contributed by atoms with Crippen LogP contribution in [-0.2, 0) is 26.2 Å². The number of hydrogen-bond donors (Lipinski definition) is 1. The summed E-state index contributed by atoms with van der Waals surface area (Å²) in [5.41, 5.74) is 0.819. The van der Waals surface area contributed by atoms with Crippen molar-refractivity contribution in [3.8, 4) is 0 Å². The Balaban J connectivity index is 2.47. The lowest BCUT2D eigenvalue weighted by atomic mass is 10.1. The second-order valence-corrected chi connectivity index (χ2v) is 10.4. The van der Waals surface area contributed by atoms with Crippen molar-refractivity contribution in [2.45, 2.75) is 32.9 Å². The second kappa shape index (κ2) is 11.9. The van der Waals surface area contributed by atoms with Crippen LogP contribution in [0, 0.1) is 0 Å². The molecule has 0 aliphatic heterocycles. The van der Waals surface area contributed by atoms with Gasteiger partial charge in [-0.2, -0.15) is 0 Å². The Kier molecular flexibility index (Phi) is 9.84. The average molecular weight is 535 g/mol. The van der Waals surface area contributed by atoms with Crippen LogP contribution >= 0.6 is 34.8 Å². The minimum absolute atomic E-state index is 0.0115. The van der Waals surface area contributed by atoms with Crippen LogP contribution in [0.5, 0.6) is 0 Å². The van der Waals surface area contributed by atoms with E-state index in [1.54, 1.807) is 44.2 Å². The molecule has 2 amide bonds. The van der Waals surface area contributed by atoms with E-state index in [-0.39, 0.29) is 28.2 Å². The zero-order valence-electron chi connectivity index (χ0n) is 18.5. The van der Waals surface area contributed by atoms with Crippen molar-refractivity contribution in [1.29, 1.82) is 0 Å². The third-order valence-electron chi connectivity index (χ3n) is 4.88. The van der Waals surface area contributed by atoms with E-state index in [0.717, 1.165) is 16.1 Å². The van der Waals surface area contributed by atoms with Gasteiger partial charge >= 0.3 is 0 Å². The van der Waals surface area contributed by atoms with E-state index in [0.29, 0.717) is 18.0 Å². The van der Waals surface area contributed by atoms with Crippen LogP contribution in [0.4, 0.5) is 5.69 Å². The molecule has 2 aromatic carbocycles. The number of nitrogens with zero attached hydrogens (tertiary/aromatic N) is 2. The molecule has 180 valence electrons. The van der Waals surface area contributed by atoms with Gasteiger partial charge in [-0.1, -0.05) is 59.9 Å². The Hall–Kier alpha value is -2.00. The Bertz CT molecular complexity index is 1090. The summed E-state index contributed by atoms with van der Waals surface area (Å²) in [4.78, 5) is 27.6. The van der Waals surface area contributed by atoms with E-state index >= 15 is 0 Å². The first-order chi connectivity index (χ1) is 15.5. The summed E-state index contributed by atoms with van der Waals surface area (Å²) in [6.45, 7) is 3.49. The predicted octanol–water partition coefficient (Wildman–Crippen LogP) is 4.36. The lowest BCUT2D eigenvalue weighted by Gasteiger charge is -2.33. The van der Waals surface area contributed by atoms with E-state index < -0.39 is 28.5 Å². The number of halogens is 3. The van der Waals surface area contributed by atoms with Gasteiger partial charge in [0.15, 0.2) is 0 Å². The van der Waals surface area contributed by atoms with Crippen LogP contribution in [-0.4, -0.2) is 50.5 Å². The van der Waals surface area contributed by atoms with Gasteiger partial charge in [0.05, 0.1) is 22.0 Å². The lowest BCUT2D eigenvalue weighted by Crippen LogP contribution is -2.52. The number of carbonyl (C=O) groups is 2. The van der Waals surface area contributed by atoms with Crippen LogP contribution in [0.2, 0.25) is 15.1 Å². The van der Waals surface area contributed by atoms with Crippen molar-refractivity contribution in [1.82, 2.24) is 10.2 Å². The van der Waals surface area contributed by atoms with E-state index in [1.807, 2.05) is 0 Å². The number of sulfonamides is 1. The maximum absolute atomic E-state index is 13.5. The molecule has 0 saturated heterocycles. The molecule has 0 heterocycles. The minimum atomic E-state index is -3.90. The number of carbonyl (C=O) groups excluding carboxylic acids is 2. The summed E-state index contributed by atoms with van der Waals surface area (Å²) in [5.74, 6) is -0.890. The van der Waals surface area contributed by atoms with Crippen LogP contribution in [0.1, 0.15) is 25.8 Å². The molecule has 1 N–H and O–H groups in total. The highest BCUT2D eigenvalue weighted by atomic mass is 35.5. The summed E-state index contributed by atoms with van der Waals surface area (Å²) in [5, 5.41) is 3.43. The van der Waals surface area contributed by atoms with Gasteiger partial charge in [-0.15, -0.1) is 0 Å². The predicted molar refractivity (Wildman–Crippen MR) is 133 cm³/mol. The molecule has 0 saturated carbocycles. The molecule has 0 bridgehead atoms. The zero-order valence-corrected chi connectivity index (χ0v) is 21.6. The van der Waals surface area contributed by atoms with E-state index in [2.05, 4.69) is 5.32 Å². The molecule has 0 aliphatic carbocycles. The summed E-state index contributed by atoms with van der Waals surface area (Å²) in [6.07, 6.45) is 1.31. The Labute approximate surface area is 209 Å². The van der Waals surface area contributed by atoms with Crippen molar-refractivity contribution >= 4 is 62.3 Å². The Morgan fingerprint density at radius 2 is 1.67 bits per heavy atom. The molecular formula is C22H26Cl3N3O4S. The fourth-order valence-corrected chi connectivity index (χ4v) is 4.71. The molecule has 0 aliphatic rings. The Morgan fingerprint density at radius 1 is 1.03 bits per heavy atom. The number of nitrogens with one attached hydrogen (secondary N) is 1. The minimum Gasteiger partial charge on any atom is -0.355 e. The number of benzene rings is 2. The van der Waals surface area contributed by atoms with Gasteiger partial charge in [0.1, 0.15) is 12.6 Å². The van der Waals surface area contributed by atoms with Gasteiger partial charge in [0.2, 0.25) is 21.8 Å². The van der Waals surface area contributed by atoms with Gasteiger partial charge < -0.3 is 10.2 Å². The maximum Gasteiger partial charge on any atom is 0.244 e. The SMILES string of the molecule is CCNC(=O)C(CC)N(Cc1ccc(Cl)cc1)C(=O)CN(c1cccc(Cl)c1Cl)S(C)(=O)=O. The number of amides is 2. The molecule has 33 heavy (non-hydrogen) atoms. The molecule has 7 nitrogen and oxygen atoms in total. The van der Waals surface area contributed by atoms with Gasteiger partial charge in [-0.05, 0) is 43.2 Å². The van der Waals surface area contributed by atoms with Gasteiger partial charge in [0, 0.05) is 18.1 Å². The normalized spacial score (nSPS) is 12.2. The highest BCUT2D eigenvalue weighted by Crippen LogP contribution is 2.33. The molecule has 0 spiro atoms. The second-order valence-electron chi connectivity index (χ2n) is 7.31. The molecule has 1 atom stereocenters. The van der Waals surface area contributed by atoms with Gasteiger partial charge in [-0.25, -0.2) is 8.42 Å². The van der Waals surface area contributed by atoms with Crippen LogP contribution in [0.15, 0.2) is 42.5 Å². The summed E-state index contributed by atoms with van der Waals surface area (Å²) in [6, 6.07) is 10.6. The van der Waals surface area contributed by atoms with E-state index in [1.165, 1.54) is 17.0 Å². The molecule has 0 fully saturated rings. The molecule has 0 aromatic heterocycles. The topological polar surface area (TPSA) is 86.8 Å². The smallest absolute Gasteiger partial charge is 0.244 e. The van der Waals surface area contributed by atoms with Crippen molar-refractivity contribution in [2.75, 3.05) is 23.7 Å². The monoisotopic (exact) mass is 533 g/mol. The standard InChI is InChI=1S/C22H26Cl3N3O4S/c1-4-18(22(30)26-5-2)27(13-15-9-11-16(23)12-10-15)20(29)14-28(33(3,31)32)19-8-6-7-17(24)21(19)25/h6-12,18H,4-5,13-14H2,1-3H3,(H,26,30). The largest absolute Gasteiger partial charge is 0.355 e. The summed E-state index contributed by atoms with van der Waals surface area (Å²) >= 11 is 18.3. The quantitative estimate of drug-likeness (QED) is 0.491. The third-order valence-corrected chi connectivity index (χ3v) is 7.07. The average Bonchev–Trinajstić information content (AvgIpc) is 2.75. The van der Waals surface area contributed by atoms with Gasteiger partial charge in [0.25, 0.3) is 0 Å². The fraction of sp³-hybridized carbons (Fsp3) is 0.364.